The minimum atomic E-state index is -0.600. The molecule has 5 heteroatoms. The van der Waals surface area contributed by atoms with Gasteiger partial charge in [-0.15, -0.1) is 0 Å². The normalized spacial score (nSPS) is 11.9. The Balaban J connectivity index is 1.99. The average Bonchev–Trinajstić information content (AvgIpc) is 2.61. The summed E-state index contributed by atoms with van der Waals surface area (Å²) in [6.07, 6.45) is 0.235. The number of carbonyl (C=O) groups excluding carboxylic acids is 2. The molecule has 0 bridgehead atoms. The number of nitrogens with one attached hydrogen (secondary N) is 1. The van der Waals surface area contributed by atoms with Gasteiger partial charge < -0.3 is 10.2 Å². The maximum Gasteiger partial charge on any atom is 0.245 e. The molecule has 2 amide bonds. The van der Waals surface area contributed by atoms with Gasteiger partial charge in [0.05, 0.1) is 6.42 Å². The summed E-state index contributed by atoms with van der Waals surface area (Å²) in [5.41, 5.74) is 1.74. The highest BCUT2D eigenvalue weighted by atomic mass is 19.1. The van der Waals surface area contributed by atoms with Crippen molar-refractivity contribution in [2.45, 2.75) is 32.9 Å². The lowest BCUT2D eigenvalue weighted by molar-refractivity contribution is -0.136. The molecule has 0 aliphatic rings. The van der Waals surface area contributed by atoms with Gasteiger partial charge in [0.15, 0.2) is 0 Å². The molecule has 0 fully saturated rings. The highest BCUT2D eigenvalue weighted by Gasteiger charge is 2.27. The summed E-state index contributed by atoms with van der Waals surface area (Å²) >= 11 is 0. The van der Waals surface area contributed by atoms with Crippen molar-refractivity contribution in [1.29, 1.82) is 0 Å². The zero-order chi connectivity index (χ0) is 19.1. The summed E-state index contributed by atoms with van der Waals surface area (Å²) in [5.74, 6) is -0.696. The summed E-state index contributed by atoms with van der Waals surface area (Å²) in [6, 6.07) is 14.9. The van der Waals surface area contributed by atoms with Crippen LogP contribution in [0.3, 0.4) is 0 Å². The van der Waals surface area contributed by atoms with Gasteiger partial charge >= 0.3 is 0 Å². The van der Waals surface area contributed by atoms with E-state index in [2.05, 4.69) is 5.32 Å². The average molecular weight is 356 g/mol. The zero-order valence-corrected chi connectivity index (χ0v) is 15.4. The summed E-state index contributed by atoms with van der Waals surface area (Å²) in [5, 5.41) is 2.85. The van der Waals surface area contributed by atoms with Gasteiger partial charge in [-0.2, -0.15) is 0 Å². The Hall–Kier alpha value is -2.69. The van der Waals surface area contributed by atoms with E-state index in [-0.39, 0.29) is 30.0 Å². The quantitative estimate of drug-likeness (QED) is 0.828. The van der Waals surface area contributed by atoms with Crippen molar-refractivity contribution in [2.75, 3.05) is 7.05 Å². The molecule has 0 aliphatic heterocycles. The number of benzene rings is 2. The van der Waals surface area contributed by atoms with Gasteiger partial charge in [-0.05, 0) is 29.2 Å². The molecule has 0 spiro atoms. The Labute approximate surface area is 154 Å². The second-order valence-electron chi connectivity index (χ2n) is 6.77. The van der Waals surface area contributed by atoms with Gasteiger partial charge in [-0.25, -0.2) is 4.39 Å². The standard InChI is InChI=1S/C21H25FN2O2/c1-15(2)20(23-19(25)13-16-7-5-4-6-8-16)21(26)24(3)14-17-9-11-18(22)12-10-17/h4-12,15,20H,13-14H2,1-3H3,(H,23,25). The molecule has 138 valence electrons. The van der Waals surface area contributed by atoms with Crippen LogP contribution in [0, 0.1) is 11.7 Å². The van der Waals surface area contributed by atoms with Gasteiger partial charge in [0.1, 0.15) is 11.9 Å². The van der Waals surface area contributed by atoms with Crippen LogP contribution < -0.4 is 5.32 Å². The van der Waals surface area contributed by atoms with E-state index in [1.807, 2.05) is 44.2 Å². The molecule has 26 heavy (non-hydrogen) atoms. The lowest BCUT2D eigenvalue weighted by Crippen LogP contribution is -2.50. The Kier molecular flexibility index (Phi) is 6.89. The summed E-state index contributed by atoms with van der Waals surface area (Å²) in [4.78, 5) is 26.7. The van der Waals surface area contributed by atoms with Crippen LogP contribution in [-0.4, -0.2) is 29.8 Å². The molecule has 0 saturated carbocycles. The van der Waals surface area contributed by atoms with Crippen molar-refractivity contribution in [3.05, 3.63) is 71.5 Å². The number of hydrogen-bond donors (Lipinski definition) is 1. The minimum Gasteiger partial charge on any atom is -0.344 e. The topological polar surface area (TPSA) is 49.4 Å². The van der Waals surface area contributed by atoms with E-state index in [1.54, 1.807) is 24.1 Å². The molecule has 2 aromatic rings. The van der Waals surface area contributed by atoms with E-state index < -0.39 is 6.04 Å². The lowest BCUT2D eigenvalue weighted by Gasteiger charge is -2.27. The molecule has 1 atom stereocenters. The molecule has 0 aromatic heterocycles. The van der Waals surface area contributed by atoms with E-state index in [9.17, 15) is 14.0 Å². The number of nitrogens with zero attached hydrogens (tertiary/aromatic N) is 1. The van der Waals surface area contributed by atoms with Crippen molar-refractivity contribution in [2.24, 2.45) is 5.92 Å². The molecule has 2 rings (SSSR count). The fourth-order valence-corrected chi connectivity index (χ4v) is 2.70. The predicted molar refractivity (Wildman–Crippen MR) is 99.8 cm³/mol. The van der Waals surface area contributed by atoms with Crippen LogP contribution in [-0.2, 0) is 22.6 Å². The first-order valence-corrected chi connectivity index (χ1v) is 8.69. The summed E-state index contributed by atoms with van der Waals surface area (Å²) in [7, 11) is 1.68. The first-order chi connectivity index (χ1) is 12.4. The second-order valence-corrected chi connectivity index (χ2v) is 6.77. The van der Waals surface area contributed by atoms with Crippen molar-refractivity contribution in [3.63, 3.8) is 0 Å². The van der Waals surface area contributed by atoms with Crippen LogP contribution >= 0.6 is 0 Å². The van der Waals surface area contributed by atoms with Gasteiger partial charge in [-0.1, -0.05) is 56.3 Å². The van der Waals surface area contributed by atoms with Crippen LogP contribution in [0.25, 0.3) is 0 Å². The predicted octanol–water partition coefficient (Wildman–Crippen LogP) is 3.17. The Morgan fingerprint density at radius 2 is 1.62 bits per heavy atom. The van der Waals surface area contributed by atoms with E-state index in [0.29, 0.717) is 6.54 Å². The molecular weight excluding hydrogens is 331 g/mol. The zero-order valence-electron chi connectivity index (χ0n) is 15.4. The van der Waals surface area contributed by atoms with Crippen LogP contribution in [0.5, 0.6) is 0 Å². The second kappa shape index (κ2) is 9.13. The van der Waals surface area contributed by atoms with Gasteiger partial charge in [0.25, 0.3) is 0 Å². The van der Waals surface area contributed by atoms with Crippen molar-refractivity contribution < 1.29 is 14.0 Å². The SMILES string of the molecule is CC(C)C(NC(=O)Cc1ccccc1)C(=O)N(C)Cc1ccc(F)cc1. The molecule has 2 aromatic carbocycles. The molecule has 0 heterocycles. The third kappa shape index (κ3) is 5.69. The van der Waals surface area contributed by atoms with Gasteiger partial charge in [0, 0.05) is 13.6 Å². The third-order valence-corrected chi connectivity index (χ3v) is 4.17. The first kappa shape index (κ1) is 19.6. The third-order valence-electron chi connectivity index (χ3n) is 4.17. The molecular formula is C21H25FN2O2. The Morgan fingerprint density at radius 1 is 1.00 bits per heavy atom. The molecule has 1 unspecified atom stereocenters. The van der Waals surface area contributed by atoms with Crippen LogP contribution in [0.4, 0.5) is 4.39 Å². The molecule has 0 saturated heterocycles. The number of rotatable bonds is 7. The van der Waals surface area contributed by atoms with E-state index in [0.717, 1.165) is 11.1 Å². The number of halogens is 1. The smallest absolute Gasteiger partial charge is 0.245 e. The fourth-order valence-electron chi connectivity index (χ4n) is 2.70. The summed E-state index contributed by atoms with van der Waals surface area (Å²) < 4.78 is 13.0. The number of likely N-dealkylation sites (N-methyl/N-ethyl adjacent to an activating group) is 1. The molecule has 0 aliphatic carbocycles. The first-order valence-electron chi connectivity index (χ1n) is 8.69. The monoisotopic (exact) mass is 356 g/mol. The number of amides is 2. The van der Waals surface area contributed by atoms with Crippen LogP contribution in [0.2, 0.25) is 0 Å². The molecule has 0 radical (unpaired) electrons. The van der Waals surface area contributed by atoms with E-state index in [4.69, 9.17) is 0 Å². The van der Waals surface area contributed by atoms with E-state index >= 15 is 0 Å². The maximum absolute atomic E-state index is 13.0. The highest BCUT2D eigenvalue weighted by Crippen LogP contribution is 2.11. The number of carbonyl (C=O) groups is 2. The fraction of sp³-hybridized carbons (Fsp3) is 0.333. The Morgan fingerprint density at radius 3 is 2.19 bits per heavy atom. The van der Waals surface area contributed by atoms with Crippen LogP contribution in [0.1, 0.15) is 25.0 Å². The van der Waals surface area contributed by atoms with Crippen molar-refractivity contribution in [1.82, 2.24) is 10.2 Å². The van der Waals surface area contributed by atoms with Crippen molar-refractivity contribution >= 4 is 11.8 Å². The van der Waals surface area contributed by atoms with Gasteiger partial charge in [-0.3, -0.25) is 9.59 Å². The van der Waals surface area contributed by atoms with Crippen LogP contribution in [0.15, 0.2) is 54.6 Å². The molecule has 4 nitrogen and oxygen atoms in total. The minimum absolute atomic E-state index is 0.0436. The highest BCUT2D eigenvalue weighted by molar-refractivity contribution is 5.88. The van der Waals surface area contributed by atoms with Crippen molar-refractivity contribution in [3.8, 4) is 0 Å². The molecule has 1 N–H and O–H groups in total. The Bertz CT molecular complexity index is 729. The maximum atomic E-state index is 13.0. The van der Waals surface area contributed by atoms with Gasteiger partial charge in [0.2, 0.25) is 11.8 Å². The number of hydrogen-bond acceptors (Lipinski definition) is 2. The van der Waals surface area contributed by atoms with E-state index in [1.165, 1.54) is 12.1 Å². The largest absolute Gasteiger partial charge is 0.344 e. The lowest BCUT2D eigenvalue weighted by atomic mass is 10.0. The summed E-state index contributed by atoms with van der Waals surface area (Å²) in [6.45, 7) is 4.16.